The summed E-state index contributed by atoms with van der Waals surface area (Å²) in [5.74, 6) is -4.33. The molecule has 8 N–H and O–H groups in total. The van der Waals surface area contributed by atoms with Crippen molar-refractivity contribution in [2.45, 2.75) is 76.2 Å². The first-order chi connectivity index (χ1) is 32.2. The number of aryl methyl sites for hydroxylation is 1. The average Bonchev–Trinajstić information content (AvgIpc) is 3.72. The highest BCUT2D eigenvalue weighted by Crippen LogP contribution is 2.20. The predicted molar refractivity (Wildman–Crippen MR) is 255 cm³/mol. The third kappa shape index (κ3) is 15.8. The molecule has 1 heterocycles. The number of amides is 7. The van der Waals surface area contributed by atoms with Crippen molar-refractivity contribution in [2.24, 2.45) is 5.73 Å². The zero-order chi connectivity index (χ0) is 48.3. The molecular formula is C50H61N9O8. The number of hydrogen-bond acceptors (Lipinski definition) is 9. The third-order valence-electron chi connectivity index (χ3n) is 11.1. The number of aromatic amines is 1. The van der Waals surface area contributed by atoms with Gasteiger partial charge >= 0.3 is 12.0 Å². The molecular weight excluding hydrogens is 855 g/mol. The lowest BCUT2D eigenvalue weighted by Crippen LogP contribution is -2.59. The Morgan fingerprint density at radius 3 is 2.01 bits per heavy atom. The Morgan fingerprint density at radius 1 is 0.701 bits per heavy atom. The van der Waals surface area contributed by atoms with Crippen LogP contribution < -0.4 is 32.3 Å². The number of anilines is 1. The van der Waals surface area contributed by atoms with E-state index in [0.29, 0.717) is 24.1 Å². The van der Waals surface area contributed by atoms with E-state index in [1.165, 1.54) is 7.05 Å². The number of para-hydroxylation sites is 2. The van der Waals surface area contributed by atoms with Crippen LogP contribution in [0, 0.1) is 6.92 Å². The van der Waals surface area contributed by atoms with E-state index in [1.54, 1.807) is 79.8 Å². The second kappa shape index (κ2) is 25.2. The number of unbranched alkanes of at least 4 members (excludes halogenated alkanes) is 1. The first kappa shape index (κ1) is 50.5. The minimum Gasteiger partial charge on any atom is -0.461 e. The summed E-state index contributed by atoms with van der Waals surface area (Å²) in [7, 11) is 4.80. The Kier molecular flexibility index (Phi) is 19.0. The Bertz CT molecular complexity index is 2460. The molecule has 0 aliphatic rings. The molecule has 17 heteroatoms. The van der Waals surface area contributed by atoms with E-state index in [4.69, 9.17) is 10.5 Å². The van der Waals surface area contributed by atoms with Gasteiger partial charge in [0.05, 0.1) is 13.0 Å². The lowest BCUT2D eigenvalue weighted by atomic mass is 10.0. The molecule has 0 aliphatic heterocycles. The molecule has 354 valence electrons. The van der Waals surface area contributed by atoms with Gasteiger partial charge < -0.3 is 51.8 Å². The Labute approximate surface area is 390 Å². The molecule has 0 spiro atoms. The first-order valence-corrected chi connectivity index (χ1v) is 22.2. The summed E-state index contributed by atoms with van der Waals surface area (Å²) in [5, 5.41) is 14.8. The summed E-state index contributed by atoms with van der Waals surface area (Å²) >= 11 is 0. The van der Waals surface area contributed by atoms with E-state index in [9.17, 15) is 33.6 Å². The van der Waals surface area contributed by atoms with Crippen LogP contribution in [0.3, 0.4) is 0 Å². The number of primary amides is 1. The van der Waals surface area contributed by atoms with Gasteiger partial charge in [0, 0.05) is 49.2 Å². The molecule has 0 aliphatic carbocycles. The van der Waals surface area contributed by atoms with E-state index < -0.39 is 72.1 Å². The van der Waals surface area contributed by atoms with E-state index in [2.05, 4.69) is 31.6 Å². The fourth-order valence-corrected chi connectivity index (χ4v) is 7.45. The van der Waals surface area contributed by atoms with Gasteiger partial charge in [-0.1, -0.05) is 97.1 Å². The standard InChI is InChI=1S/C50H61N9O8/c1-33-17-11-13-23-38(33)57-50(66)52-26-16-15-25-40(55-48(64)41(54-44(60)31-58(2)3)28-36-30-53-39-24-14-12-22-37(36)39)47(63)56-42(29-45(61)67-32-35-20-9-6-10-21-35)49(65)59(4)43(46(51)62)27-34-18-7-5-8-19-34/h5-14,17-24,30,40-43,53H,15-16,25-29,31-32H2,1-4H3,(H2,51,62)(H,54,60)(H,55,64)(H,56,63)(H2,52,57,66)/t40-,41-,42-,43-/m0/s1. The zero-order valence-corrected chi connectivity index (χ0v) is 38.4. The summed E-state index contributed by atoms with van der Waals surface area (Å²) in [6, 6.07) is 27.1. The van der Waals surface area contributed by atoms with Gasteiger partial charge in [-0.3, -0.25) is 28.8 Å². The summed E-state index contributed by atoms with van der Waals surface area (Å²) < 4.78 is 5.52. The van der Waals surface area contributed by atoms with Gasteiger partial charge in [-0.2, -0.15) is 0 Å². The largest absolute Gasteiger partial charge is 0.461 e. The topological polar surface area (TPSA) is 237 Å². The number of likely N-dealkylation sites (N-methyl/N-ethyl adjacent to an activating group) is 2. The van der Waals surface area contributed by atoms with Gasteiger partial charge in [-0.05, 0) is 74.7 Å². The second-order valence-electron chi connectivity index (χ2n) is 16.6. The summed E-state index contributed by atoms with van der Waals surface area (Å²) in [4.78, 5) is 101. The van der Waals surface area contributed by atoms with E-state index in [-0.39, 0.29) is 39.0 Å². The second-order valence-corrected chi connectivity index (χ2v) is 16.6. The van der Waals surface area contributed by atoms with Crippen LogP contribution in [0.5, 0.6) is 0 Å². The minimum atomic E-state index is -1.56. The van der Waals surface area contributed by atoms with E-state index in [0.717, 1.165) is 32.5 Å². The Hall–Kier alpha value is -7.53. The maximum atomic E-state index is 14.5. The van der Waals surface area contributed by atoms with Crippen LogP contribution in [0.2, 0.25) is 0 Å². The molecule has 0 unspecified atom stereocenters. The van der Waals surface area contributed by atoms with Crippen molar-refractivity contribution >= 4 is 58.1 Å². The number of hydrogen-bond donors (Lipinski definition) is 7. The van der Waals surface area contributed by atoms with Crippen molar-refractivity contribution in [2.75, 3.05) is 39.5 Å². The molecule has 4 aromatic carbocycles. The van der Waals surface area contributed by atoms with E-state index in [1.807, 2.05) is 61.5 Å². The van der Waals surface area contributed by atoms with Gasteiger partial charge in [0.1, 0.15) is 30.8 Å². The normalized spacial score (nSPS) is 12.8. The van der Waals surface area contributed by atoms with Gasteiger partial charge in [0.25, 0.3) is 0 Å². The number of esters is 1. The molecule has 0 saturated carbocycles. The van der Waals surface area contributed by atoms with Crippen LogP contribution in [-0.2, 0) is 53.0 Å². The number of ether oxygens (including phenoxy) is 1. The number of aromatic nitrogens is 1. The van der Waals surface area contributed by atoms with Gasteiger partial charge in [0.2, 0.25) is 29.5 Å². The van der Waals surface area contributed by atoms with Crippen molar-refractivity contribution in [3.63, 3.8) is 0 Å². The van der Waals surface area contributed by atoms with Crippen LogP contribution in [-0.4, -0.2) is 115 Å². The number of urea groups is 1. The molecule has 7 amide bonds. The third-order valence-corrected chi connectivity index (χ3v) is 11.1. The van der Waals surface area contributed by atoms with Crippen molar-refractivity contribution in [3.05, 3.63) is 138 Å². The van der Waals surface area contributed by atoms with Crippen LogP contribution in [0.4, 0.5) is 10.5 Å². The Morgan fingerprint density at radius 2 is 1.33 bits per heavy atom. The highest BCUT2D eigenvalue weighted by atomic mass is 16.5. The first-order valence-electron chi connectivity index (χ1n) is 22.2. The number of nitrogens with two attached hydrogens (primary N) is 1. The van der Waals surface area contributed by atoms with Crippen molar-refractivity contribution in [1.82, 2.24) is 36.1 Å². The number of H-pyrrole nitrogens is 1. The van der Waals surface area contributed by atoms with Crippen molar-refractivity contribution in [3.8, 4) is 0 Å². The number of rotatable bonds is 24. The van der Waals surface area contributed by atoms with E-state index >= 15 is 0 Å². The number of nitrogens with zero attached hydrogens (tertiary/aromatic N) is 2. The summed E-state index contributed by atoms with van der Waals surface area (Å²) in [6.45, 7) is 1.98. The van der Waals surface area contributed by atoms with Gasteiger partial charge in [-0.15, -0.1) is 0 Å². The highest BCUT2D eigenvalue weighted by Gasteiger charge is 2.35. The molecule has 17 nitrogen and oxygen atoms in total. The average molecular weight is 916 g/mol. The smallest absolute Gasteiger partial charge is 0.319 e. The van der Waals surface area contributed by atoms with Crippen molar-refractivity contribution in [1.29, 1.82) is 0 Å². The molecule has 5 aromatic rings. The lowest BCUT2D eigenvalue weighted by Gasteiger charge is -2.31. The van der Waals surface area contributed by atoms with Crippen LogP contribution in [0.1, 0.15) is 47.9 Å². The fraction of sp³-hybridized carbons (Fsp3) is 0.340. The molecule has 0 radical (unpaired) electrons. The number of fused-ring (bicyclic) bond motifs is 1. The molecule has 0 saturated heterocycles. The number of carbonyl (C=O) groups is 7. The van der Waals surface area contributed by atoms with Crippen molar-refractivity contribution < 1.29 is 38.3 Å². The van der Waals surface area contributed by atoms with Gasteiger partial charge in [0.15, 0.2) is 0 Å². The molecule has 5 rings (SSSR count). The lowest BCUT2D eigenvalue weighted by molar-refractivity contribution is -0.150. The number of benzene rings is 4. The quantitative estimate of drug-likeness (QED) is 0.0353. The summed E-state index contributed by atoms with van der Waals surface area (Å²) in [5.41, 5.74) is 10.4. The molecule has 1 aromatic heterocycles. The zero-order valence-electron chi connectivity index (χ0n) is 38.4. The summed E-state index contributed by atoms with van der Waals surface area (Å²) in [6.07, 6.45) is 1.98. The number of nitrogens with one attached hydrogen (secondary N) is 6. The molecule has 4 atom stereocenters. The van der Waals surface area contributed by atoms with Crippen LogP contribution in [0.15, 0.2) is 115 Å². The maximum absolute atomic E-state index is 14.5. The van der Waals surface area contributed by atoms with Gasteiger partial charge in [-0.25, -0.2) is 4.79 Å². The minimum absolute atomic E-state index is 0.0136. The van der Waals surface area contributed by atoms with Crippen LogP contribution >= 0.6 is 0 Å². The predicted octanol–water partition coefficient (Wildman–Crippen LogP) is 3.72. The molecule has 0 bridgehead atoms. The highest BCUT2D eigenvalue weighted by molar-refractivity contribution is 5.97. The maximum Gasteiger partial charge on any atom is 0.319 e. The molecule has 0 fully saturated rings. The SMILES string of the molecule is Cc1ccccc1NC(=O)NCCCC[C@H](NC(=O)[C@H](Cc1c[nH]c2ccccc12)NC(=O)CN(C)C)C(=O)N[C@@H](CC(=O)OCc1ccccc1)C(=O)N(C)[C@@H](Cc1ccccc1)C(N)=O. The molecule has 67 heavy (non-hydrogen) atoms. The van der Waals surface area contributed by atoms with Crippen LogP contribution in [0.25, 0.3) is 10.9 Å². The Balaban J connectivity index is 1.39. The monoisotopic (exact) mass is 915 g/mol. The fourth-order valence-electron chi connectivity index (χ4n) is 7.45. The number of carbonyl (C=O) groups excluding carboxylic acids is 7.